The molecule has 0 bridgehead atoms. The molecule has 1 aromatic carbocycles. The summed E-state index contributed by atoms with van der Waals surface area (Å²) in [5.41, 5.74) is 2.13. The van der Waals surface area contributed by atoms with Crippen LogP contribution in [0.25, 0.3) is 0 Å². The number of carbonyl (C=O) groups is 1. The van der Waals surface area contributed by atoms with Crippen LogP contribution in [-0.2, 0) is 11.2 Å². The minimum absolute atomic E-state index is 0.0510. The van der Waals surface area contributed by atoms with Crippen LogP contribution in [0.5, 0.6) is 0 Å². The fourth-order valence-electron chi connectivity index (χ4n) is 2.18. The molecule has 0 spiro atoms. The van der Waals surface area contributed by atoms with E-state index < -0.39 is 5.97 Å². The van der Waals surface area contributed by atoms with E-state index in [4.69, 9.17) is 0 Å². The number of aliphatic carboxylic acids is 1. The lowest BCUT2D eigenvalue weighted by molar-refractivity contribution is -0.142. The van der Waals surface area contributed by atoms with Gasteiger partial charge in [-0.15, -0.1) is 6.58 Å². The molecule has 1 aliphatic rings. The number of fused-ring (bicyclic) bond motifs is 1. The Kier molecular flexibility index (Phi) is 2.95. The van der Waals surface area contributed by atoms with Crippen molar-refractivity contribution in [3.63, 3.8) is 0 Å². The second-order valence-electron chi connectivity index (χ2n) is 4.08. The Labute approximate surface area is 94.8 Å². The molecule has 0 saturated heterocycles. The lowest BCUT2D eigenvalue weighted by Gasteiger charge is -2.31. The van der Waals surface area contributed by atoms with Crippen molar-refractivity contribution >= 4 is 11.7 Å². The zero-order valence-electron chi connectivity index (χ0n) is 9.02. The second kappa shape index (κ2) is 4.39. The first-order valence-corrected chi connectivity index (χ1v) is 5.40. The first kappa shape index (κ1) is 10.7. The Morgan fingerprint density at radius 2 is 2.31 bits per heavy atom. The molecule has 0 aliphatic carbocycles. The standard InChI is InChI=1S/C13H15NO2/c1-2-5-12-10(13(15)16)8-9-6-3-4-7-11(9)14-12/h2-4,6-7,10,12,14H,1,5,8H2,(H,15,16). The Morgan fingerprint density at radius 3 is 3.00 bits per heavy atom. The lowest BCUT2D eigenvalue weighted by atomic mass is 9.86. The van der Waals surface area contributed by atoms with Gasteiger partial charge in [0.1, 0.15) is 0 Å². The zero-order valence-corrected chi connectivity index (χ0v) is 9.02. The average molecular weight is 217 g/mol. The predicted molar refractivity (Wildman–Crippen MR) is 63.5 cm³/mol. The molecule has 3 nitrogen and oxygen atoms in total. The van der Waals surface area contributed by atoms with Crippen LogP contribution < -0.4 is 5.32 Å². The average Bonchev–Trinajstić information content (AvgIpc) is 2.28. The van der Waals surface area contributed by atoms with Crippen LogP contribution in [0, 0.1) is 5.92 Å². The Bertz CT molecular complexity index is 414. The zero-order chi connectivity index (χ0) is 11.5. The van der Waals surface area contributed by atoms with E-state index in [1.165, 1.54) is 0 Å². The molecule has 16 heavy (non-hydrogen) atoms. The minimum Gasteiger partial charge on any atom is -0.481 e. The largest absolute Gasteiger partial charge is 0.481 e. The maximum absolute atomic E-state index is 11.2. The summed E-state index contributed by atoms with van der Waals surface area (Å²) in [5, 5.41) is 12.5. The van der Waals surface area contributed by atoms with Crippen molar-refractivity contribution in [3.05, 3.63) is 42.5 Å². The molecule has 2 unspecified atom stereocenters. The van der Waals surface area contributed by atoms with Gasteiger partial charge < -0.3 is 10.4 Å². The highest BCUT2D eigenvalue weighted by molar-refractivity contribution is 5.74. The SMILES string of the molecule is C=CCC1Nc2ccccc2CC1C(=O)O. The molecule has 1 aliphatic heterocycles. The van der Waals surface area contributed by atoms with Gasteiger partial charge in [-0.1, -0.05) is 24.3 Å². The monoisotopic (exact) mass is 217 g/mol. The molecule has 0 radical (unpaired) electrons. The molecule has 1 heterocycles. The third kappa shape index (κ3) is 1.94. The minimum atomic E-state index is -0.742. The number of anilines is 1. The van der Waals surface area contributed by atoms with E-state index in [-0.39, 0.29) is 12.0 Å². The highest BCUT2D eigenvalue weighted by Crippen LogP contribution is 2.29. The van der Waals surface area contributed by atoms with Gasteiger partial charge in [-0.2, -0.15) is 0 Å². The van der Waals surface area contributed by atoms with Gasteiger partial charge >= 0.3 is 5.97 Å². The number of hydrogen-bond acceptors (Lipinski definition) is 2. The van der Waals surface area contributed by atoms with Gasteiger partial charge in [0, 0.05) is 11.7 Å². The number of para-hydroxylation sites is 1. The van der Waals surface area contributed by atoms with E-state index in [1.54, 1.807) is 6.08 Å². The van der Waals surface area contributed by atoms with Crippen LogP contribution in [0.1, 0.15) is 12.0 Å². The quantitative estimate of drug-likeness (QED) is 0.764. The predicted octanol–water partition coefficient (Wildman–Crippen LogP) is 2.30. The number of hydrogen-bond donors (Lipinski definition) is 2. The fraction of sp³-hybridized carbons (Fsp3) is 0.308. The second-order valence-corrected chi connectivity index (χ2v) is 4.08. The van der Waals surface area contributed by atoms with E-state index in [2.05, 4.69) is 11.9 Å². The normalized spacial score (nSPS) is 23.0. The van der Waals surface area contributed by atoms with Crippen molar-refractivity contribution < 1.29 is 9.90 Å². The van der Waals surface area contributed by atoms with Gasteiger partial charge in [0.2, 0.25) is 0 Å². The third-order valence-electron chi connectivity index (χ3n) is 3.02. The number of nitrogens with one attached hydrogen (secondary N) is 1. The van der Waals surface area contributed by atoms with E-state index in [0.717, 1.165) is 11.3 Å². The molecule has 0 saturated carbocycles. The maximum Gasteiger partial charge on any atom is 0.308 e. The summed E-state index contributed by atoms with van der Waals surface area (Å²) in [4.78, 5) is 11.2. The van der Waals surface area contributed by atoms with Gasteiger partial charge in [0.05, 0.1) is 5.92 Å². The summed E-state index contributed by atoms with van der Waals surface area (Å²) in [6.07, 6.45) is 3.03. The molecule has 0 aromatic heterocycles. The van der Waals surface area contributed by atoms with Crippen LogP contribution in [0.15, 0.2) is 36.9 Å². The Hall–Kier alpha value is -1.77. The van der Waals surface area contributed by atoms with Crippen LogP contribution in [0.4, 0.5) is 5.69 Å². The fourth-order valence-corrected chi connectivity index (χ4v) is 2.18. The molecule has 0 amide bonds. The summed E-state index contributed by atoms with van der Waals surface area (Å²) < 4.78 is 0. The lowest BCUT2D eigenvalue weighted by Crippen LogP contribution is -2.39. The molecule has 0 fully saturated rings. The van der Waals surface area contributed by atoms with E-state index in [9.17, 15) is 9.90 Å². The van der Waals surface area contributed by atoms with Gasteiger partial charge in [0.15, 0.2) is 0 Å². The van der Waals surface area contributed by atoms with Gasteiger partial charge in [-0.05, 0) is 24.5 Å². The van der Waals surface area contributed by atoms with Crippen molar-refractivity contribution in [2.75, 3.05) is 5.32 Å². The molecule has 2 atom stereocenters. The van der Waals surface area contributed by atoms with Crippen LogP contribution in [-0.4, -0.2) is 17.1 Å². The molecule has 2 N–H and O–H groups in total. The maximum atomic E-state index is 11.2. The van der Waals surface area contributed by atoms with Crippen LogP contribution in [0.3, 0.4) is 0 Å². The van der Waals surface area contributed by atoms with Gasteiger partial charge in [0.25, 0.3) is 0 Å². The molecule has 84 valence electrons. The summed E-state index contributed by atoms with van der Waals surface area (Å²) >= 11 is 0. The molecular weight excluding hydrogens is 202 g/mol. The van der Waals surface area contributed by atoms with Gasteiger partial charge in [-0.25, -0.2) is 0 Å². The van der Waals surface area contributed by atoms with Crippen molar-refractivity contribution in [1.82, 2.24) is 0 Å². The van der Waals surface area contributed by atoms with E-state index >= 15 is 0 Å². The van der Waals surface area contributed by atoms with Gasteiger partial charge in [-0.3, -0.25) is 4.79 Å². The molecular formula is C13H15NO2. The Morgan fingerprint density at radius 1 is 1.56 bits per heavy atom. The third-order valence-corrected chi connectivity index (χ3v) is 3.02. The van der Waals surface area contributed by atoms with Crippen molar-refractivity contribution in [2.45, 2.75) is 18.9 Å². The topological polar surface area (TPSA) is 49.3 Å². The van der Waals surface area contributed by atoms with Crippen LogP contribution >= 0.6 is 0 Å². The summed E-state index contributed by atoms with van der Waals surface area (Å²) in [5.74, 6) is -1.11. The number of benzene rings is 1. The van der Waals surface area contributed by atoms with Crippen molar-refractivity contribution in [3.8, 4) is 0 Å². The van der Waals surface area contributed by atoms with Crippen molar-refractivity contribution in [2.24, 2.45) is 5.92 Å². The molecule has 2 rings (SSSR count). The first-order chi connectivity index (χ1) is 7.72. The number of carboxylic acid groups (broad SMARTS) is 1. The highest BCUT2D eigenvalue weighted by Gasteiger charge is 2.32. The molecule has 3 heteroatoms. The van der Waals surface area contributed by atoms with E-state index in [0.29, 0.717) is 12.8 Å². The Balaban J connectivity index is 2.29. The summed E-state index contributed by atoms with van der Waals surface area (Å²) in [6, 6.07) is 7.81. The van der Waals surface area contributed by atoms with Crippen LogP contribution in [0.2, 0.25) is 0 Å². The first-order valence-electron chi connectivity index (χ1n) is 5.40. The highest BCUT2D eigenvalue weighted by atomic mass is 16.4. The van der Waals surface area contributed by atoms with Crippen molar-refractivity contribution in [1.29, 1.82) is 0 Å². The number of rotatable bonds is 3. The summed E-state index contributed by atoms with van der Waals surface area (Å²) in [6.45, 7) is 3.67. The molecule has 1 aromatic rings. The smallest absolute Gasteiger partial charge is 0.308 e. The van der Waals surface area contributed by atoms with E-state index in [1.807, 2.05) is 24.3 Å². The number of carboxylic acids is 1. The summed E-state index contributed by atoms with van der Waals surface area (Å²) in [7, 11) is 0.